The van der Waals surface area contributed by atoms with Gasteiger partial charge in [-0.05, 0) is 55.8 Å². The average molecular weight is 465 g/mol. The van der Waals surface area contributed by atoms with Gasteiger partial charge >= 0.3 is 5.97 Å². The molecule has 0 fully saturated rings. The highest BCUT2D eigenvalue weighted by molar-refractivity contribution is 7.98. The molecule has 7 heteroatoms. The lowest BCUT2D eigenvalue weighted by atomic mass is 10.0. The van der Waals surface area contributed by atoms with Crippen LogP contribution in [0.3, 0.4) is 0 Å². The van der Waals surface area contributed by atoms with Crippen molar-refractivity contribution in [2.45, 2.75) is 31.2 Å². The molecule has 162 valence electrons. The molecule has 0 saturated heterocycles. The number of aryl methyl sites for hydroxylation is 2. The number of rotatable bonds is 7. The van der Waals surface area contributed by atoms with E-state index in [4.69, 9.17) is 16.0 Å². The summed E-state index contributed by atoms with van der Waals surface area (Å²) in [5.74, 6) is 1.04. The number of furan rings is 1. The third-order valence-electron chi connectivity index (χ3n) is 4.86. The minimum Gasteiger partial charge on any atom is -0.481 e. The fourth-order valence-electron chi connectivity index (χ4n) is 3.48. The first kappa shape index (κ1) is 22.1. The Hall–Kier alpha value is -3.09. The Morgan fingerprint density at radius 3 is 2.38 bits per heavy atom. The summed E-state index contributed by atoms with van der Waals surface area (Å²) in [6.07, 6.45) is -0.0834. The van der Waals surface area contributed by atoms with Crippen LogP contribution < -0.4 is 0 Å². The summed E-state index contributed by atoms with van der Waals surface area (Å²) in [6.45, 7) is 3.89. The van der Waals surface area contributed by atoms with Crippen LogP contribution in [-0.4, -0.2) is 21.0 Å². The molecule has 2 aromatic heterocycles. The van der Waals surface area contributed by atoms with Crippen LogP contribution >= 0.6 is 23.4 Å². The molecule has 4 aromatic rings. The Kier molecular flexibility index (Phi) is 6.63. The summed E-state index contributed by atoms with van der Waals surface area (Å²) in [6, 6.07) is 18.8. The number of aromatic nitrogens is 2. The van der Waals surface area contributed by atoms with Crippen molar-refractivity contribution in [3.63, 3.8) is 0 Å². The van der Waals surface area contributed by atoms with Crippen LogP contribution in [0.2, 0.25) is 5.02 Å². The zero-order chi connectivity index (χ0) is 22.7. The van der Waals surface area contributed by atoms with Gasteiger partial charge in [0.2, 0.25) is 0 Å². The van der Waals surface area contributed by atoms with E-state index in [0.717, 1.165) is 28.1 Å². The SMILES string of the molecule is Cc1cc(C)nc(SCc2cc(-c3ccc(Cl)cc3)oc2-c2ccccc2CC(=O)O)n1. The molecule has 1 N–H and O–H groups in total. The zero-order valence-electron chi connectivity index (χ0n) is 17.6. The Labute approximate surface area is 195 Å². The lowest BCUT2D eigenvalue weighted by Gasteiger charge is -2.08. The molecule has 4 rings (SSSR count). The number of thioether (sulfide) groups is 1. The van der Waals surface area contributed by atoms with Gasteiger partial charge in [-0.15, -0.1) is 0 Å². The molecule has 0 amide bonds. The van der Waals surface area contributed by atoms with Crippen molar-refractivity contribution in [1.82, 2.24) is 9.97 Å². The van der Waals surface area contributed by atoms with Crippen molar-refractivity contribution < 1.29 is 14.3 Å². The highest BCUT2D eigenvalue weighted by atomic mass is 35.5. The second-order valence-corrected chi connectivity index (χ2v) is 8.80. The Morgan fingerprint density at radius 2 is 1.69 bits per heavy atom. The quantitative estimate of drug-likeness (QED) is 0.245. The molecule has 0 aliphatic carbocycles. The van der Waals surface area contributed by atoms with Crippen LogP contribution in [-0.2, 0) is 17.0 Å². The molecule has 5 nitrogen and oxygen atoms in total. The summed E-state index contributed by atoms with van der Waals surface area (Å²) >= 11 is 7.56. The van der Waals surface area contributed by atoms with Crippen LogP contribution in [0.15, 0.2) is 70.2 Å². The average Bonchev–Trinajstić information content (AvgIpc) is 3.16. The highest BCUT2D eigenvalue weighted by Gasteiger charge is 2.19. The number of hydrogen-bond donors (Lipinski definition) is 1. The summed E-state index contributed by atoms with van der Waals surface area (Å²) in [7, 11) is 0. The maximum absolute atomic E-state index is 11.4. The van der Waals surface area contributed by atoms with Crippen LogP contribution in [0.5, 0.6) is 0 Å². The van der Waals surface area contributed by atoms with E-state index >= 15 is 0 Å². The molecule has 0 atom stereocenters. The fourth-order valence-corrected chi connectivity index (χ4v) is 4.52. The van der Waals surface area contributed by atoms with Crippen molar-refractivity contribution in [1.29, 1.82) is 0 Å². The standard InChI is InChI=1S/C25H21ClN2O3S/c1-15-11-16(2)28-25(27-15)32-14-19-12-22(17-7-9-20(26)10-8-17)31-24(19)21-6-4-3-5-18(21)13-23(29)30/h3-12H,13-14H2,1-2H3,(H,29,30). The van der Waals surface area contributed by atoms with Crippen LogP contribution in [0.4, 0.5) is 0 Å². The first-order valence-corrected chi connectivity index (χ1v) is 11.4. The lowest BCUT2D eigenvalue weighted by molar-refractivity contribution is -0.136. The molecule has 0 bridgehead atoms. The van der Waals surface area contributed by atoms with Crippen molar-refractivity contribution in [3.05, 3.63) is 88.2 Å². The van der Waals surface area contributed by atoms with Crippen molar-refractivity contribution in [3.8, 4) is 22.6 Å². The summed E-state index contributed by atoms with van der Waals surface area (Å²) < 4.78 is 6.29. The van der Waals surface area contributed by atoms with Gasteiger partial charge in [0.15, 0.2) is 5.16 Å². The molecule has 0 radical (unpaired) electrons. The van der Waals surface area contributed by atoms with E-state index in [1.807, 2.05) is 74.5 Å². The lowest BCUT2D eigenvalue weighted by Crippen LogP contribution is -2.02. The number of aliphatic carboxylic acids is 1. The zero-order valence-corrected chi connectivity index (χ0v) is 19.2. The third kappa shape index (κ3) is 5.21. The van der Waals surface area contributed by atoms with Gasteiger partial charge in [-0.1, -0.05) is 47.6 Å². The number of halogens is 1. The molecule has 0 spiro atoms. The van der Waals surface area contributed by atoms with Gasteiger partial charge in [0, 0.05) is 38.9 Å². The maximum Gasteiger partial charge on any atom is 0.307 e. The van der Waals surface area contributed by atoms with Crippen LogP contribution in [0.25, 0.3) is 22.6 Å². The summed E-state index contributed by atoms with van der Waals surface area (Å²) in [4.78, 5) is 20.4. The number of carboxylic acid groups (broad SMARTS) is 1. The molecule has 0 aliphatic heterocycles. The molecular weight excluding hydrogens is 444 g/mol. The van der Waals surface area contributed by atoms with Gasteiger partial charge in [-0.2, -0.15) is 0 Å². The molecule has 2 heterocycles. The Morgan fingerprint density at radius 1 is 1.00 bits per heavy atom. The Bertz CT molecular complexity index is 1250. The fraction of sp³-hybridized carbons (Fsp3) is 0.160. The molecule has 2 aromatic carbocycles. The highest BCUT2D eigenvalue weighted by Crippen LogP contribution is 2.37. The van der Waals surface area contributed by atoms with E-state index in [1.54, 1.807) is 0 Å². The summed E-state index contributed by atoms with van der Waals surface area (Å²) in [5, 5.41) is 10.7. The third-order valence-corrected chi connectivity index (χ3v) is 6.01. The maximum atomic E-state index is 11.4. The topological polar surface area (TPSA) is 76.2 Å². The molecule has 0 aliphatic rings. The smallest absolute Gasteiger partial charge is 0.307 e. The number of benzene rings is 2. The van der Waals surface area contributed by atoms with Crippen molar-refractivity contribution >= 4 is 29.3 Å². The molecule has 0 saturated carbocycles. The van der Waals surface area contributed by atoms with E-state index in [9.17, 15) is 9.90 Å². The van der Waals surface area contributed by atoms with E-state index in [-0.39, 0.29) is 6.42 Å². The van der Waals surface area contributed by atoms with Gasteiger partial charge in [-0.25, -0.2) is 9.97 Å². The first-order valence-electron chi connectivity index (χ1n) is 10.0. The largest absolute Gasteiger partial charge is 0.481 e. The minimum atomic E-state index is -0.888. The first-order chi connectivity index (χ1) is 15.4. The molecule has 0 unspecified atom stereocenters. The normalized spacial score (nSPS) is 11.0. The molecule has 32 heavy (non-hydrogen) atoms. The van der Waals surface area contributed by atoms with E-state index in [2.05, 4.69) is 9.97 Å². The minimum absolute atomic E-state index is 0.0834. The van der Waals surface area contributed by atoms with Crippen molar-refractivity contribution in [2.24, 2.45) is 0 Å². The van der Waals surface area contributed by atoms with E-state index in [1.165, 1.54) is 11.8 Å². The number of hydrogen-bond acceptors (Lipinski definition) is 5. The number of carbonyl (C=O) groups is 1. The van der Waals surface area contributed by atoms with Crippen molar-refractivity contribution in [2.75, 3.05) is 0 Å². The van der Waals surface area contributed by atoms with E-state index < -0.39 is 5.97 Å². The monoisotopic (exact) mass is 464 g/mol. The number of nitrogens with zero attached hydrogens (tertiary/aromatic N) is 2. The number of carboxylic acids is 1. The second kappa shape index (κ2) is 9.59. The summed E-state index contributed by atoms with van der Waals surface area (Å²) in [5.41, 5.74) is 5.14. The van der Waals surface area contributed by atoms with Gasteiger partial charge in [0.1, 0.15) is 11.5 Å². The Balaban J connectivity index is 1.75. The van der Waals surface area contributed by atoms with E-state index in [0.29, 0.717) is 33.0 Å². The van der Waals surface area contributed by atoms with Gasteiger partial charge in [0.25, 0.3) is 0 Å². The van der Waals surface area contributed by atoms with Crippen LogP contribution in [0.1, 0.15) is 22.5 Å². The molecular formula is C25H21ClN2O3S. The van der Waals surface area contributed by atoms with Gasteiger partial charge in [-0.3, -0.25) is 4.79 Å². The second-order valence-electron chi connectivity index (χ2n) is 7.42. The van der Waals surface area contributed by atoms with Gasteiger partial charge in [0.05, 0.1) is 6.42 Å². The predicted molar refractivity (Wildman–Crippen MR) is 127 cm³/mol. The van der Waals surface area contributed by atoms with Crippen LogP contribution in [0, 0.1) is 13.8 Å². The predicted octanol–water partition coefficient (Wildman–Crippen LogP) is 6.59. The van der Waals surface area contributed by atoms with Gasteiger partial charge < -0.3 is 9.52 Å².